The number of rotatable bonds is 3. The molecule has 1 aromatic carbocycles. The smallest absolute Gasteiger partial charge is 0.108 e. The van der Waals surface area contributed by atoms with E-state index in [1.54, 1.807) is 0 Å². The summed E-state index contributed by atoms with van der Waals surface area (Å²) < 4.78 is 0. The average molecular weight is 287 g/mol. The highest BCUT2D eigenvalue weighted by Crippen LogP contribution is 2.19. The summed E-state index contributed by atoms with van der Waals surface area (Å²) in [6.45, 7) is 9.03. The number of hydrogen-bond donors (Lipinski definition) is 2. The third-order valence-corrected chi connectivity index (χ3v) is 4.62. The highest BCUT2D eigenvalue weighted by atomic mass is 15.3. The van der Waals surface area contributed by atoms with Gasteiger partial charge in [0.25, 0.3) is 0 Å². The number of benzene rings is 1. The number of aromatic nitrogens is 2. The number of nitrogens with one attached hydrogen (secondary N) is 1. The van der Waals surface area contributed by atoms with Crippen molar-refractivity contribution in [2.45, 2.75) is 25.8 Å². The van der Waals surface area contributed by atoms with Crippen molar-refractivity contribution in [1.29, 1.82) is 0 Å². The zero-order valence-corrected chi connectivity index (χ0v) is 13.2. The van der Waals surface area contributed by atoms with E-state index in [0.717, 1.165) is 55.1 Å². The van der Waals surface area contributed by atoms with E-state index < -0.39 is 0 Å². The van der Waals surface area contributed by atoms with Gasteiger partial charge in [-0.1, -0.05) is 0 Å². The van der Waals surface area contributed by atoms with Gasteiger partial charge in [0.15, 0.2) is 0 Å². The van der Waals surface area contributed by atoms with Gasteiger partial charge in [-0.15, -0.1) is 0 Å². The van der Waals surface area contributed by atoms with Crippen LogP contribution in [0.3, 0.4) is 0 Å². The Morgan fingerprint density at radius 3 is 2.90 bits per heavy atom. The standard InChI is InChI=1S/C16H25N5/c1-16(2)11-21(9-8-20(16)3)7-6-15-18-13-5-4-12(17)10-14(13)19-15/h4-5,10H,6-9,11,17H2,1-3H3,(H,18,19). The molecule has 0 unspecified atom stereocenters. The van der Waals surface area contributed by atoms with E-state index in [1.807, 2.05) is 18.2 Å². The average Bonchev–Trinajstić information content (AvgIpc) is 2.82. The van der Waals surface area contributed by atoms with Gasteiger partial charge in [-0.3, -0.25) is 9.80 Å². The second-order valence-corrected chi connectivity index (χ2v) is 6.72. The maximum Gasteiger partial charge on any atom is 0.108 e. The number of nitrogen functional groups attached to an aromatic ring is 1. The third kappa shape index (κ3) is 3.04. The lowest BCUT2D eigenvalue weighted by molar-refractivity contribution is 0.0405. The molecule has 1 aliphatic rings. The summed E-state index contributed by atoms with van der Waals surface area (Å²) in [4.78, 5) is 13.0. The van der Waals surface area contributed by atoms with Gasteiger partial charge in [-0.05, 0) is 39.1 Å². The minimum absolute atomic E-state index is 0.251. The van der Waals surface area contributed by atoms with Gasteiger partial charge >= 0.3 is 0 Å². The zero-order chi connectivity index (χ0) is 15.0. The number of hydrogen-bond acceptors (Lipinski definition) is 4. The second kappa shape index (κ2) is 5.31. The van der Waals surface area contributed by atoms with E-state index in [1.165, 1.54) is 0 Å². The Hall–Kier alpha value is -1.59. The molecule has 0 spiro atoms. The molecule has 2 heterocycles. The molecular formula is C16H25N5. The first-order valence-corrected chi connectivity index (χ1v) is 7.62. The Morgan fingerprint density at radius 2 is 2.14 bits per heavy atom. The van der Waals surface area contributed by atoms with E-state index in [0.29, 0.717) is 0 Å². The maximum absolute atomic E-state index is 5.81. The molecule has 0 bridgehead atoms. The van der Waals surface area contributed by atoms with Gasteiger partial charge < -0.3 is 10.7 Å². The normalized spacial score (nSPS) is 20.1. The molecule has 3 rings (SSSR count). The van der Waals surface area contributed by atoms with E-state index >= 15 is 0 Å². The number of aromatic amines is 1. The van der Waals surface area contributed by atoms with Crippen LogP contribution in [0.2, 0.25) is 0 Å². The number of anilines is 1. The van der Waals surface area contributed by atoms with Crippen molar-refractivity contribution in [2.75, 3.05) is 39.0 Å². The predicted octanol–water partition coefficient (Wildman–Crippen LogP) is 1.71. The Labute approximate surface area is 126 Å². The molecule has 0 saturated carbocycles. The molecule has 5 nitrogen and oxygen atoms in total. The predicted molar refractivity (Wildman–Crippen MR) is 87.4 cm³/mol. The molecule has 1 saturated heterocycles. The molecule has 0 aliphatic carbocycles. The van der Waals surface area contributed by atoms with Crippen LogP contribution in [0.4, 0.5) is 5.69 Å². The quantitative estimate of drug-likeness (QED) is 0.844. The summed E-state index contributed by atoms with van der Waals surface area (Å²) in [6, 6.07) is 5.82. The zero-order valence-electron chi connectivity index (χ0n) is 13.2. The second-order valence-electron chi connectivity index (χ2n) is 6.72. The van der Waals surface area contributed by atoms with Crippen LogP contribution in [0.5, 0.6) is 0 Å². The van der Waals surface area contributed by atoms with Gasteiger partial charge in [0.05, 0.1) is 11.0 Å². The Bertz CT molecular complexity index is 631. The summed E-state index contributed by atoms with van der Waals surface area (Å²) in [5.74, 6) is 1.05. The minimum atomic E-state index is 0.251. The monoisotopic (exact) mass is 287 g/mol. The molecule has 0 amide bonds. The first-order chi connectivity index (χ1) is 9.94. The van der Waals surface area contributed by atoms with Crippen molar-refractivity contribution in [3.63, 3.8) is 0 Å². The van der Waals surface area contributed by atoms with Gasteiger partial charge in [0.2, 0.25) is 0 Å². The van der Waals surface area contributed by atoms with Gasteiger partial charge in [0.1, 0.15) is 5.82 Å². The van der Waals surface area contributed by atoms with Crippen molar-refractivity contribution < 1.29 is 0 Å². The van der Waals surface area contributed by atoms with E-state index in [4.69, 9.17) is 5.73 Å². The molecule has 1 aromatic heterocycles. The molecule has 5 heteroatoms. The summed E-state index contributed by atoms with van der Waals surface area (Å²) in [5, 5.41) is 0. The number of nitrogens with zero attached hydrogens (tertiary/aromatic N) is 3. The number of likely N-dealkylation sites (N-methyl/N-ethyl adjacent to an activating group) is 1. The van der Waals surface area contributed by atoms with Crippen LogP contribution in [0.25, 0.3) is 11.0 Å². The molecule has 3 N–H and O–H groups in total. The highest BCUT2D eigenvalue weighted by Gasteiger charge is 2.30. The number of nitrogens with two attached hydrogens (primary N) is 1. The van der Waals surface area contributed by atoms with Crippen LogP contribution in [0, 0.1) is 0 Å². The SMILES string of the molecule is CN1CCN(CCc2nc3ccc(N)cc3[nH]2)CC1(C)C. The fourth-order valence-corrected chi connectivity index (χ4v) is 2.99. The largest absolute Gasteiger partial charge is 0.399 e. The van der Waals surface area contributed by atoms with Crippen LogP contribution in [-0.4, -0.2) is 58.5 Å². The third-order valence-electron chi connectivity index (χ3n) is 4.62. The highest BCUT2D eigenvalue weighted by molar-refractivity contribution is 5.78. The first kappa shape index (κ1) is 14.4. The molecular weight excluding hydrogens is 262 g/mol. The lowest BCUT2D eigenvalue weighted by Crippen LogP contribution is -2.57. The van der Waals surface area contributed by atoms with Gasteiger partial charge in [-0.2, -0.15) is 0 Å². The van der Waals surface area contributed by atoms with Crippen LogP contribution in [0.15, 0.2) is 18.2 Å². The fraction of sp³-hybridized carbons (Fsp3) is 0.562. The summed E-state index contributed by atoms with van der Waals surface area (Å²) in [6.07, 6.45) is 0.953. The van der Waals surface area contributed by atoms with Crippen LogP contribution in [-0.2, 0) is 6.42 Å². The van der Waals surface area contributed by atoms with Crippen LogP contribution in [0.1, 0.15) is 19.7 Å². The van der Waals surface area contributed by atoms with E-state index in [2.05, 4.69) is 40.7 Å². The lowest BCUT2D eigenvalue weighted by Gasteiger charge is -2.45. The molecule has 21 heavy (non-hydrogen) atoms. The van der Waals surface area contributed by atoms with Crippen LogP contribution < -0.4 is 5.73 Å². The molecule has 2 aromatic rings. The molecule has 0 radical (unpaired) electrons. The van der Waals surface area contributed by atoms with Crippen LogP contribution >= 0.6 is 0 Å². The van der Waals surface area contributed by atoms with Crippen molar-refractivity contribution in [2.24, 2.45) is 0 Å². The summed E-state index contributed by atoms with van der Waals surface area (Å²) >= 11 is 0. The number of imidazole rings is 1. The summed E-state index contributed by atoms with van der Waals surface area (Å²) in [5.41, 5.74) is 8.86. The van der Waals surface area contributed by atoms with Gasteiger partial charge in [0, 0.05) is 43.8 Å². The molecule has 114 valence electrons. The molecule has 1 aliphatic heterocycles. The van der Waals surface area contributed by atoms with E-state index in [-0.39, 0.29) is 5.54 Å². The Kier molecular flexibility index (Phi) is 3.63. The van der Waals surface area contributed by atoms with Crippen molar-refractivity contribution in [1.82, 2.24) is 19.8 Å². The number of piperazine rings is 1. The topological polar surface area (TPSA) is 61.2 Å². The molecule has 1 fully saturated rings. The van der Waals surface area contributed by atoms with Crippen molar-refractivity contribution >= 4 is 16.7 Å². The Balaban J connectivity index is 1.64. The van der Waals surface area contributed by atoms with E-state index in [9.17, 15) is 0 Å². The molecule has 0 atom stereocenters. The Morgan fingerprint density at radius 1 is 1.33 bits per heavy atom. The summed E-state index contributed by atoms with van der Waals surface area (Å²) in [7, 11) is 2.21. The first-order valence-electron chi connectivity index (χ1n) is 7.62. The minimum Gasteiger partial charge on any atom is -0.399 e. The number of fused-ring (bicyclic) bond motifs is 1. The fourth-order valence-electron chi connectivity index (χ4n) is 2.99. The van der Waals surface area contributed by atoms with Crippen molar-refractivity contribution in [3.05, 3.63) is 24.0 Å². The maximum atomic E-state index is 5.81. The number of H-pyrrole nitrogens is 1. The van der Waals surface area contributed by atoms with Gasteiger partial charge in [-0.25, -0.2) is 4.98 Å². The lowest BCUT2D eigenvalue weighted by atomic mass is 10.00. The van der Waals surface area contributed by atoms with Crippen molar-refractivity contribution in [3.8, 4) is 0 Å².